The summed E-state index contributed by atoms with van der Waals surface area (Å²) in [5.41, 5.74) is 3.38. The number of hydrogen-bond acceptors (Lipinski definition) is 3. The molecule has 0 radical (unpaired) electrons. The molecule has 1 aliphatic rings. The highest BCUT2D eigenvalue weighted by Gasteiger charge is 2.33. The van der Waals surface area contributed by atoms with Crippen molar-refractivity contribution in [2.45, 2.75) is 32.2 Å². The molecule has 4 nitrogen and oxygen atoms in total. The highest BCUT2D eigenvalue weighted by Crippen LogP contribution is 2.36. The summed E-state index contributed by atoms with van der Waals surface area (Å²) in [6.07, 6.45) is 2.84. The SMILES string of the molecule is CNC(=O)c1cccnc1N1C[C@@H](c2ccccc2C)C[C@@H]1C. The lowest BCUT2D eigenvalue weighted by atomic mass is 9.93. The maximum Gasteiger partial charge on any atom is 0.254 e. The van der Waals surface area contributed by atoms with Crippen molar-refractivity contribution in [3.63, 3.8) is 0 Å². The Bertz CT molecular complexity index is 713. The molecule has 3 rings (SSSR count). The normalized spacial score (nSPS) is 20.6. The molecule has 1 amide bonds. The zero-order valence-electron chi connectivity index (χ0n) is 13.9. The Kier molecular flexibility index (Phi) is 4.33. The minimum absolute atomic E-state index is 0.0837. The highest BCUT2D eigenvalue weighted by molar-refractivity contribution is 5.98. The third-order valence-electron chi connectivity index (χ3n) is 4.73. The first-order valence-electron chi connectivity index (χ1n) is 8.11. The summed E-state index contributed by atoms with van der Waals surface area (Å²) in [5, 5.41) is 2.71. The van der Waals surface area contributed by atoms with Gasteiger partial charge in [-0.05, 0) is 43.5 Å². The van der Waals surface area contributed by atoms with Gasteiger partial charge in [0.1, 0.15) is 5.82 Å². The molecule has 0 unspecified atom stereocenters. The quantitative estimate of drug-likeness (QED) is 0.947. The number of aryl methyl sites for hydroxylation is 1. The Hall–Kier alpha value is -2.36. The van der Waals surface area contributed by atoms with Gasteiger partial charge in [-0.1, -0.05) is 24.3 Å². The first kappa shape index (κ1) is 15.5. The Labute approximate surface area is 137 Å². The molecular weight excluding hydrogens is 286 g/mol. The summed E-state index contributed by atoms with van der Waals surface area (Å²) >= 11 is 0. The smallest absolute Gasteiger partial charge is 0.254 e. The summed E-state index contributed by atoms with van der Waals surface area (Å²) in [5.74, 6) is 1.18. The number of nitrogens with zero attached hydrogens (tertiary/aromatic N) is 2. The van der Waals surface area contributed by atoms with Gasteiger partial charge in [-0.25, -0.2) is 4.98 Å². The van der Waals surface area contributed by atoms with Gasteiger partial charge in [-0.3, -0.25) is 4.79 Å². The second kappa shape index (κ2) is 6.41. The van der Waals surface area contributed by atoms with Crippen LogP contribution in [0.2, 0.25) is 0 Å². The first-order chi connectivity index (χ1) is 11.1. The van der Waals surface area contributed by atoms with Crippen LogP contribution in [0.5, 0.6) is 0 Å². The molecule has 120 valence electrons. The Balaban J connectivity index is 1.91. The van der Waals surface area contributed by atoms with Crippen molar-refractivity contribution in [3.05, 3.63) is 59.3 Å². The number of carbonyl (C=O) groups excluding carboxylic acids is 1. The predicted molar refractivity (Wildman–Crippen MR) is 93.0 cm³/mol. The van der Waals surface area contributed by atoms with E-state index in [0.29, 0.717) is 17.5 Å². The van der Waals surface area contributed by atoms with Gasteiger partial charge in [-0.15, -0.1) is 0 Å². The lowest BCUT2D eigenvalue weighted by Crippen LogP contribution is -2.31. The average molecular weight is 309 g/mol. The summed E-state index contributed by atoms with van der Waals surface area (Å²) in [4.78, 5) is 18.9. The van der Waals surface area contributed by atoms with E-state index in [1.807, 2.05) is 12.1 Å². The second-order valence-electron chi connectivity index (χ2n) is 6.24. The molecule has 2 atom stereocenters. The molecule has 23 heavy (non-hydrogen) atoms. The number of nitrogens with one attached hydrogen (secondary N) is 1. The van der Waals surface area contributed by atoms with Crippen LogP contribution in [0.4, 0.5) is 5.82 Å². The van der Waals surface area contributed by atoms with Crippen molar-refractivity contribution in [2.75, 3.05) is 18.5 Å². The van der Waals surface area contributed by atoms with Gasteiger partial charge < -0.3 is 10.2 Å². The average Bonchev–Trinajstić information content (AvgIpc) is 2.96. The van der Waals surface area contributed by atoms with Crippen molar-refractivity contribution in [1.29, 1.82) is 0 Å². The fraction of sp³-hybridized carbons (Fsp3) is 0.368. The molecule has 1 fully saturated rings. The lowest BCUT2D eigenvalue weighted by Gasteiger charge is -2.24. The van der Waals surface area contributed by atoms with Crippen LogP contribution < -0.4 is 10.2 Å². The number of rotatable bonds is 3. The Morgan fingerprint density at radius 3 is 2.78 bits per heavy atom. The maximum atomic E-state index is 12.1. The third-order valence-corrected chi connectivity index (χ3v) is 4.73. The third kappa shape index (κ3) is 2.93. The largest absolute Gasteiger partial charge is 0.355 e. The lowest BCUT2D eigenvalue weighted by molar-refractivity contribution is 0.0963. The number of amides is 1. The summed E-state index contributed by atoms with van der Waals surface area (Å²) in [7, 11) is 1.66. The standard InChI is InChI=1S/C19H23N3O/c1-13-7-4-5-8-16(13)15-11-14(2)22(12-15)18-17(19(23)20-3)9-6-10-21-18/h4-10,14-15H,11-12H2,1-3H3,(H,20,23)/t14-,15-/m0/s1. The van der Waals surface area contributed by atoms with Crippen LogP contribution in [0, 0.1) is 6.92 Å². The van der Waals surface area contributed by atoms with E-state index in [1.54, 1.807) is 13.2 Å². The van der Waals surface area contributed by atoms with Gasteiger partial charge in [0.2, 0.25) is 0 Å². The van der Waals surface area contributed by atoms with E-state index in [2.05, 4.69) is 53.3 Å². The van der Waals surface area contributed by atoms with Crippen molar-refractivity contribution < 1.29 is 4.79 Å². The van der Waals surface area contributed by atoms with Crippen LogP contribution >= 0.6 is 0 Å². The minimum atomic E-state index is -0.0837. The summed E-state index contributed by atoms with van der Waals surface area (Å²) < 4.78 is 0. The molecule has 0 saturated carbocycles. The number of benzene rings is 1. The molecule has 2 heterocycles. The Morgan fingerprint density at radius 1 is 1.26 bits per heavy atom. The molecule has 1 saturated heterocycles. The van der Waals surface area contributed by atoms with Crippen molar-refractivity contribution in [2.24, 2.45) is 0 Å². The predicted octanol–water partition coefficient (Wildman–Crippen LogP) is 3.13. The Morgan fingerprint density at radius 2 is 2.04 bits per heavy atom. The van der Waals surface area contributed by atoms with Crippen LogP contribution in [-0.2, 0) is 0 Å². The molecule has 1 aromatic heterocycles. The van der Waals surface area contributed by atoms with E-state index in [0.717, 1.165) is 18.8 Å². The maximum absolute atomic E-state index is 12.1. The van der Waals surface area contributed by atoms with E-state index in [-0.39, 0.29) is 5.91 Å². The fourth-order valence-electron chi connectivity index (χ4n) is 3.53. The highest BCUT2D eigenvalue weighted by atomic mass is 16.1. The van der Waals surface area contributed by atoms with E-state index in [1.165, 1.54) is 11.1 Å². The second-order valence-corrected chi connectivity index (χ2v) is 6.24. The molecular formula is C19H23N3O. The first-order valence-corrected chi connectivity index (χ1v) is 8.11. The van der Waals surface area contributed by atoms with Crippen LogP contribution in [-0.4, -0.2) is 30.5 Å². The van der Waals surface area contributed by atoms with E-state index < -0.39 is 0 Å². The number of anilines is 1. The van der Waals surface area contributed by atoms with Crippen molar-refractivity contribution in [3.8, 4) is 0 Å². The molecule has 2 aromatic rings. The van der Waals surface area contributed by atoms with Gasteiger partial charge in [0.05, 0.1) is 5.56 Å². The summed E-state index contributed by atoms with van der Waals surface area (Å²) in [6.45, 7) is 5.27. The van der Waals surface area contributed by atoms with Gasteiger partial charge >= 0.3 is 0 Å². The monoisotopic (exact) mass is 309 g/mol. The molecule has 1 aromatic carbocycles. The van der Waals surface area contributed by atoms with Crippen LogP contribution in [0.3, 0.4) is 0 Å². The van der Waals surface area contributed by atoms with Crippen LogP contribution in [0.25, 0.3) is 0 Å². The molecule has 1 N–H and O–H groups in total. The van der Waals surface area contributed by atoms with Gasteiger partial charge in [0.25, 0.3) is 5.91 Å². The molecule has 1 aliphatic heterocycles. The number of hydrogen-bond donors (Lipinski definition) is 1. The van der Waals surface area contributed by atoms with E-state index in [9.17, 15) is 4.79 Å². The van der Waals surface area contributed by atoms with E-state index in [4.69, 9.17) is 0 Å². The molecule has 4 heteroatoms. The van der Waals surface area contributed by atoms with E-state index >= 15 is 0 Å². The molecule has 0 bridgehead atoms. The van der Waals surface area contributed by atoms with Gasteiger partial charge in [0, 0.05) is 31.7 Å². The number of pyridine rings is 1. The topological polar surface area (TPSA) is 45.2 Å². The van der Waals surface area contributed by atoms with Crippen molar-refractivity contribution >= 4 is 11.7 Å². The molecule has 0 aliphatic carbocycles. The van der Waals surface area contributed by atoms with Gasteiger partial charge in [-0.2, -0.15) is 0 Å². The zero-order chi connectivity index (χ0) is 16.4. The summed E-state index contributed by atoms with van der Waals surface area (Å²) in [6, 6.07) is 12.6. The molecule has 0 spiro atoms. The fourth-order valence-corrected chi connectivity index (χ4v) is 3.53. The number of carbonyl (C=O) groups is 1. The number of aromatic nitrogens is 1. The van der Waals surface area contributed by atoms with Crippen LogP contribution in [0.15, 0.2) is 42.6 Å². The minimum Gasteiger partial charge on any atom is -0.355 e. The van der Waals surface area contributed by atoms with Gasteiger partial charge in [0.15, 0.2) is 0 Å². The van der Waals surface area contributed by atoms with Crippen LogP contribution in [0.1, 0.15) is 40.7 Å². The zero-order valence-corrected chi connectivity index (χ0v) is 13.9. The van der Waals surface area contributed by atoms with Crippen molar-refractivity contribution in [1.82, 2.24) is 10.3 Å².